The first-order valence-corrected chi connectivity index (χ1v) is 6.60. The normalized spacial score (nSPS) is 16.9. The third-order valence-electron chi connectivity index (χ3n) is 3.35. The highest BCUT2D eigenvalue weighted by Crippen LogP contribution is 2.24. The maximum absolute atomic E-state index is 8.74. The average molecular weight is 280 g/mol. The van der Waals surface area contributed by atoms with Gasteiger partial charge in [0.1, 0.15) is 11.5 Å². The lowest BCUT2D eigenvalue weighted by molar-refractivity contribution is 0.0497. The van der Waals surface area contributed by atoms with Gasteiger partial charge < -0.3 is 25.2 Å². The second-order valence-electron chi connectivity index (χ2n) is 4.75. The van der Waals surface area contributed by atoms with Gasteiger partial charge in [0.25, 0.3) is 0 Å². The van der Waals surface area contributed by atoms with Crippen LogP contribution in [-0.2, 0) is 4.74 Å². The van der Waals surface area contributed by atoms with Gasteiger partial charge in [0.15, 0.2) is 5.84 Å². The Balaban J connectivity index is 2.05. The predicted octanol–water partition coefficient (Wildman–Crippen LogP) is 1.60. The molecule has 0 spiro atoms. The molecule has 0 bridgehead atoms. The molecular formula is C14H20N2O4. The molecule has 3 N–H and O–H groups in total. The Bertz CT molecular complexity index is 470. The van der Waals surface area contributed by atoms with Crippen molar-refractivity contribution in [3.05, 3.63) is 23.8 Å². The number of hydrogen-bond donors (Lipinski definition) is 2. The lowest BCUT2D eigenvalue weighted by Gasteiger charge is -2.22. The van der Waals surface area contributed by atoms with Crippen molar-refractivity contribution in [1.82, 2.24) is 0 Å². The second kappa shape index (κ2) is 7.00. The highest BCUT2D eigenvalue weighted by molar-refractivity contribution is 5.97. The summed E-state index contributed by atoms with van der Waals surface area (Å²) in [5, 5.41) is 11.7. The van der Waals surface area contributed by atoms with E-state index in [1.807, 2.05) is 0 Å². The van der Waals surface area contributed by atoms with Crippen LogP contribution in [0.3, 0.4) is 0 Å². The Labute approximate surface area is 118 Å². The molecule has 1 saturated heterocycles. The van der Waals surface area contributed by atoms with Crippen LogP contribution in [0.15, 0.2) is 23.4 Å². The van der Waals surface area contributed by atoms with Crippen molar-refractivity contribution in [3.63, 3.8) is 0 Å². The van der Waals surface area contributed by atoms with Crippen LogP contribution in [-0.4, -0.2) is 38.0 Å². The van der Waals surface area contributed by atoms with Gasteiger partial charge in [-0.15, -0.1) is 0 Å². The molecular weight excluding hydrogens is 260 g/mol. The first kappa shape index (κ1) is 14.5. The Kier molecular flexibility index (Phi) is 5.06. The summed E-state index contributed by atoms with van der Waals surface area (Å²) >= 11 is 0. The van der Waals surface area contributed by atoms with Gasteiger partial charge in [-0.05, 0) is 30.9 Å². The van der Waals surface area contributed by atoms with Gasteiger partial charge in [-0.25, -0.2) is 0 Å². The number of rotatable bonds is 5. The first-order valence-electron chi connectivity index (χ1n) is 6.60. The second-order valence-corrected chi connectivity index (χ2v) is 4.75. The fourth-order valence-electron chi connectivity index (χ4n) is 2.11. The third kappa shape index (κ3) is 3.77. The Morgan fingerprint density at radius 2 is 2.05 bits per heavy atom. The summed E-state index contributed by atoms with van der Waals surface area (Å²) in [5.74, 6) is 1.79. The molecule has 0 amide bonds. The summed E-state index contributed by atoms with van der Waals surface area (Å²) < 4.78 is 16.3. The molecule has 0 radical (unpaired) electrons. The number of ether oxygens (including phenoxy) is 3. The molecule has 1 fully saturated rings. The van der Waals surface area contributed by atoms with E-state index in [4.69, 9.17) is 25.2 Å². The van der Waals surface area contributed by atoms with Gasteiger partial charge in [-0.3, -0.25) is 0 Å². The number of amidine groups is 1. The Morgan fingerprint density at radius 1 is 1.35 bits per heavy atom. The molecule has 0 atom stereocenters. The van der Waals surface area contributed by atoms with Gasteiger partial charge >= 0.3 is 0 Å². The fraction of sp³-hybridized carbons (Fsp3) is 0.500. The van der Waals surface area contributed by atoms with E-state index in [2.05, 4.69) is 5.16 Å². The highest BCUT2D eigenvalue weighted by Gasteiger charge is 2.15. The van der Waals surface area contributed by atoms with Crippen molar-refractivity contribution >= 4 is 5.84 Å². The number of nitrogens with zero attached hydrogens (tertiary/aromatic N) is 1. The lowest BCUT2D eigenvalue weighted by atomic mass is 10.0. The smallest absolute Gasteiger partial charge is 0.170 e. The number of hydrogen-bond acceptors (Lipinski definition) is 5. The third-order valence-corrected chi connectivity index (χ3v) is 3.35. The van der Waals surface area contributed by atoms with Crippen molar-refractivity contribution in [3.8, 4) is 11.5 Å². The largest absolute Gasteiger partial charge is 0.497 e. The molecule has 0 saturated carbocycles. The summed E-state index contributed by atoms with van der Waals surface area (Å²) in [6.45, 7) is 2.22. The minimum absolute atomic E-state index is 0.0276. The van der Waals surface area contributed by atoms with Crippen LogP contribution in [0.1, 0.15) is 18.4 Å². The summed E-state index contributed by atoms with van der Waals surface area (Å²) in [5.41, 5.74) is 6.16. The van der Waals surface area contributed by atoms with Crippen molar-refractivity contribution in [2.24, 2.45) is 16.8 Å². The quantitative estimate of drug-likeness (QED) is 0.370. The summed E-state index contributed by atoms with van der Waals surface area (Å²) in [6.07, 6.45) is 2.02. The van der Waals surface area contributed by atoms with E-state index in [-0.39, 0.29) is 5.84 Å². The van der Waals surface area contributed by atoms with E-state index in [1.54, 1.807) is 25.3 Å². The van der Waals surface area contributed by atoms with E-state index in [0.717, 1.165) is 26.1 Å². The SMILES string of the molecule is COc1cc(OCC2CCOCC2)cc(/C(N)=N/O)c1. The molecule has 1 aliphatic heterocycles. The number of nitrogens with two attached hydrogens (primary N) is 1. The van der Waals surface area contributed by atoms with Crippen LogP contribution in [0, 0.1) is 5.92 Å². The summed E-state index contributed by atoms with van der Waals surface area (Å²) in [7, 11) is 1.56. The molecule has 20 heavy (non-hydrogen) atoms. The molecule has 0 unspecified atom stereocenters. The van der Waals surface area contributed by atoms with E-state index < -0.39 is 0 Å². The van der Waals surface area contributed by atoms with Crippen molar-refractivity contribution < 1.29 is 19.4 Å². The predicted molar refractivity (Wildman–Crippen MR) is 74.5 cm³/mol. The molecule has 0 aromatic heterocycles. The maximum Gasteiger partial charge on any atom is 0.170 e. The van der Waals surface area contributed by atoms with Gasteiger partial charge in [-0.1, -0.05) is 5.16 Å². The minimum atomic E-state index is 0.0276. The summed E-state index contributed by atoms with van der Waals surface area (Å²) in [6, 6.07) is 5.21. The standard InChI is InChI=1S/C14H20N2O4/c1-18-12-6-11(14(15)16-17)7-13(8-12)20-9-10-2-4-19-5-3-10/h6-8,10,17H,2-5,9H2,1H3,(H2,15,16). The Hall–Kier alpha value is -1.95. The minimum Gasteiger partial charge on any atom is -0.497 e. The maximum atomic E-state index is 8.74. The number of benzene rings is 1. The van der Waals surface area contributed by atoms with Gasteiger partial charge in [-0.2, -0.15) is 0 Å². The fourth-order valence-corrected chi connectivity index (χ4v) is 2.11. The molecule has 1 aromatic rings. The van der Waals surface area contributed by atoms with Crippen LogP contribution >= 0.6 is 0 Å². The zero-order chi connectivity index (χ0) is 14.4. The number of methoxy groups -OCH3 is 1. The van der Waals surface area contributed by atoms with E-state index in [9.17, 15) is 0 Å². The van der Waals surface area contributed by atoms with Crippen LogP contribution in [0.5, 0.6) is 11.5 Å². The Morgan fingerprint density at radius 3 is 2.70 bits per heavy atom. The molecule has 110 valence electrons. The average Bonchev–Trinajstić information content (AvgIpc) is 2.52. The zero-order valence-corrected chi connectivity index (χ0v) is 11.5. The monoisotopic (exact) mass is 280 g/mol. The van der Waals surface area contributed by atoms with Gasteiger partial charge in [0.05, 0.1) is 13.7 Å². The van der Waals surface area contributed by atoms with Crippen molar-refractivity contribution in [2.45, 2.75) is 12.8 Å². The zero-order valence-electron chi connectivity index (χ0n) is 11.5. The molecule has 6 heteroatoms. The van der Waals surface area contributed by atoms with Crippen molar-refractivity contribution in [2.75, 3.05) is 26.9 Å². The van der Waals surface area contributed by atoms with Gasteiger partial charge in [0, 0.05) is 24.8 Å². The van der Waals surface area contributed by atoms with Crippen LogP contribution in [0.4, 0.5) is 0 Å². The number of oxime groups is 1. The first-order chi connectivity index (χ1) is 9.72. The van der Waals surface area contributed by atoms with Crippen molar-refractivity contribution in [1.29, 1.82) is 0 Å². The lowest BCUT2D eigenvalue weighted by Crippen LogP contribution is -2.21. The van der Waals surface area contributed by atoms with E-state index >= 15 is 0 Å². The molecule has 6 nitrogen and oxygen atoms in total. The molecule has 1 aromatic carbocycles. The van der Waals surface area contributed by atoms with E-state index in [0.29, 0.717) is 29.6 Å². The topological polar surface area (TPSA) is 86.3 Å². The van der Waals surface area contributed by atoms with Crippen LogP contribution in [0.25, 0.3) is 0 Å². The van der Waals surface area contributed by atoms with Gasteiger partial charge in [0.2, 0.25) is 0 Å². The highest BCUT2D eigenvalue weighted by atomic mass is 16.5. The molecule has 2 rings (SSSR count). The van der Waals surface area contributed by atoms with Crippen LogP contribution in [0.2, 0.25) is 0 Å². The summed E-state index contributed by atoms with van der Waals surface area (Å²) in [4.78, 5) is 0. The van der Waals surface area contributed by atoms with E-state index in [1.165, 1.54) is 0 Å². The molecule has 1 heterocycles. The molecule has 0 aliphatic carbocycles. The molecule has 1 aliphatic rings. The van der Waals surface area contributed by atoms with Crippen LogP contribution < -0.4 is 15.2 Å².